The number of aromatic nitrogens is 2. The molecule has 1 aliphatic heterocycles. The van der Waals surface area contributed by atoms with Gasteiger partial charge in [-0.25, -0.2) is 0 Å². The van der Waals surface area contributed by atoms with Crippen molar-refractivity contribution in [2.24, 2.45) is 0 Å². The molecule has 1 aliphatic rings. The lowest BCUT2D eigenvalue weighted by molar-refractivity contribution is -0.132. The molecule has 0 radical (unpaired) electrons. The zero-order valence-corrected chi connectivity index (χ0v) is 19.4. The number of piperazine rings is 1. The lowest BCUT2D eigenvalue weighted by Crippen LogP contribution is -2.50. The number of hydrogen-bond acceptors (Lipinski definition) is 7. The van der Waals surface area contributed by atoms with Crippen molar-refractivity contribution in [2.45, 2.75) is 30.8 Å². The van der Waals surface area contributed by atoms with E-state index in [1.54, 1.807) is 23.1 Å². The highest BCUT2D eigenvalue weighted by molar-refractivity contribution is 7.99. The van der Waals surface area contributed by atoms with Crippen LogP contribution in [0.5, 0.6) is 0 Å². The van der Waals surface area contributed by atoms with Crippen molar-refractivity contribution in [1.29, 1.82) is 0 Å². The smallest absolute Gasteiger partial charge is 0.235 e. The highest BCUT2D eigenvalue weighted by Crippen LogP contribution is 2.22. The monoisotopic (exact) mass is 456 g/mol. The van der Waals surface area contributed by atoms with Crippen molar-refractivity contribution in [3.8, 4) is 10.7 Å². The van der Waals surface area contributed by atoms with Crippen LogP contribution in [0.1, 0.15) is 24.8 Å². The first-order chi connectivity index (χ1) is 15.2. The molecule has 6 nitrogen and oxygen atoms in total. The van der Waals surface area contributed by atoms with E-state index < -0.39 is 0 Å². The number of nitrogens with zero attached hydrogens (tertiary/aromatic N) is 4. The molecule has 1 saturated heterocycles. The highest BCUT2D eigenvalue weighted by atomic mass is 32.2. The first-order valence-electron chi connectivity index (χ1n) is 10.7. The second-order valence-electron chi connectivity index (χ2n) is 7.70. The molecule has 1 unspecified atom stereocenters. The number of benzene rings is 1. The Hall–Kier alpha value is -2.16. The van der Waals surface area contributed by atoms with Crippen LogP contribution in [0.4, 0.5) is 0 Å². The van der Waals surface area contributed by atoms with Gasteiger partial charge in [-0.2, -0.15) is 4.98 Å². The minimum Gasteiger partial charge on any atom is -0.339 e. The Kier molecular flexibility index (Phi) is 7.77. The van der Waals surface area contributed by atoms with Gasteiger partial charge in [-0.05, 0) is 36.9 Å². The van der Waals surface area contributed by atoms with Gasteiger partial charge >= 0.3 is 0 Å². The van der Waals surface area contributed by atoms with Gasteiger partial charge in [0.2, 0.25) is 17.6 Å². The first-order valence-corrected chi connectivity index (χ1v) is 12.6. The first kappa shape index (κ1) is 22.0. The van der Waals surface area contributed by atoms with Gasteiger partial charge in [0.25, 0.3) is 0 Å². The van der Waals surface area contributed by atoms with Crippen LogP contribution in [0.3, 0.4) is 0 Å². The maximum Gasteiger partial charge on any atom is 0.235 e. The quantitative estimate of drug-likeness (QED) is 0.481. The number of carbonyl (C=O) groups excluding carboxylic acids is 1. The maximum absolute atomic E-state index is 12.8. The summed E-state index contributed by atoms with van der Waals surface area (Å²) in [6, 6.07) is 14.3. The molecule has 1 amide bonds. The summed E-state index contributed by atoms with van der Waals surface area (Å²) in [5.74, 6) is 2.50. The average Bonchev–Trinajstić information content (AvgIpc) is 3.50. The van der Waals surface area contributed by atoms with Crippen LogP contribution < -0.4 is 0 Å². The zero-order valence-electron chi connectivity index (χ0n) is 17.8. The molecule has 0 bridgehead atoms. The summed E-state index contributed by atoms with van der Waals surface area (Å²) in [5.41, 5.74) is 1.26. The van der Waals surface area contributed by atoms with Crippen molar-refractivity contribution < 1.29 is 9.32 Å². The van der Waals surface area contributed by atoms with Crippen molar-refractivity contribution in [1.82, 2.24) is 19.9 Å². The van der Waals surface area contributed by atoms with Crippen LogP contribution in [0.2, 0.25) is 0 Å². The van der Waals surface area contributed by atoms with E-state index in [-0.39, 0.29) is 11.2 Å². The number of thioether (sulfide) groups is 1. The van der Waals surface area contributed by atoms with E-state index in [0.717, 1.165) is 56.2 Å². The third-order valence-electron chi connectivity index (χ3n) is 5.45. The fourth-order valence-electron chi connectivity index (χ4n) is 3.63. The Labute approximate surface area is 191 Å². The number of hydrogen-bond donors (Lipinski definition) is 0. The number of carbonyl (C=O) groups is 1. The Balaban J connectivity index is 1.14. The topological polar surface area (TPSA) is 62.5 Å². The number of amides is 1. The van der Waals surface area contributed by atoms with Gasteiger partial charge < -0.3 is 9.42 Å². The summed E-state index contributed by atoms with van der Waals surface area (Å²) >= 11 is 3.33. The molecule has 0 saturated carbocycles. The summed E-state index contributed by atoms with van der Waals surface area (Å²) in [5, 5.41) is 6.07. The Morgan fingerprint density at radius 2 is 1.97 bits per heavy atom. The summed E-state index contributed by atoms with van der Waals surface area (Å²) in [4.78, 5) is 22.7. The van der Waals surface area contributed by atoms with Gasteiger partial charge in [-0.15, -0.1) is 23.1 Å². The molecule has 0 N–H and O–H groups in total. The number of rotatable bonds is 9. The second-order valence-corrected chi connectivity index (χ2v) is 9.98. The normalized spacial score (nSPS) is 15.8. The molecule has 8 heteroatoms. The van der Waals surface area contributed by atoms with E-state index in [1.165, 1.54) is 5.56 Å². The van der Waals surface area contributed by atoms with Crippen molar-refractivity contribution >= 4 is 29.0 Å². The Morgan fingerprint density at radius 1 is 1.16 bits per heavy atom. The van der Waals surface area contributed by atoms with Crippen LogP contribution >= 0.6 is 23.1 Å². The van der Waals surface area contributed by atoms with Gasteiger partial charge in [-0.3, -0.25) is 9.69 Å². The second kappa shape index (κ2) is 10.9. The molecular weight excluding hydrogens is 428 g/mol. The SMILES string of the molecule is CC(SCc1ccccc1)C(=O)N1CCN(CCCc2nc(-c3cccs3)no2)CC1. The van der Waals surface area contributed by atoms with E-state index in [2.05, 4.69) is 27.2 Å². The fraction of sp³-hybridized carbons (Fsp3) is 0.435. The van der Waals surface area contributed by atoms with Crippen molar-refractivity contribution in [3.63, 3.8) is 0 Å². The van der Waals surface area contributed by atoms with Crippen LogP contribution in [0.25, 0.3) is 10.7 Å². The maximum atomic E-state index is 12.8. The lowest BCUT2D eigenvalue weighted by atomic mass is 10.2. The predicted octanol–water partition coefficient (Wildman–Crippen LogP) is 4.20. The Morgan fingerprint density at radius 3 is 2.71 bits per heavy atom. The third-order valence-corrected chi connectivity index (χ3v) is 7.52. The van der Waals surface area contributed by atoms with Gasteiger partial charge in [0.05, 0.1) is 10.1 Å². The highest BCUT2D eigenvalue weighted by Gasteiger charge is 2.25. The third kappa shape index (κ3) is 6.18. The molecule has 164 valence electrons. The van der Waals surface area contributed by atoms with Crippen LogP contribution in [0, 0.1) is 0 Å². The van der Waals surface area contributed by atoms with E-state index in [9.17, 15) is 4.79 Å². The zero-order chi connectivity index (χ0) is 21.5. The lowest BCUT2D eigenvalue weighted by Gasteiger charge is -2.35. The molecule has 1 fully saturated rings. The molecule has 0 aliphatic carbocycles. The molecule has 3 aromatic rings. The Bertz CT molecular complexity index is 938. The van der Waals surface area contributed by atoms with Crippen molar-refractivity contribution in [2.75, 3.05) is 32.7 Å². The standard InChI is InChI=1S/C23H28N4O2S2/c1-18(31-17-19-7-3-2-4-8-19)23(28)27-14-12-26(13-15-27)11-5-10-21-24-22(25-29-21)20-9-6-16-30-20/h2-4,6-9,16,18H,5,10-15,17H2,1H3. The van der Waals surface area contributed by atoms with Gasteiger partial charge in [0.15, 0.2) is 0 Å². The molecule has 31 heavy (non-hydrogen) atoms. The van der Waals surface area contributed by atoms with E-state index >= 15 is 0 Å². The summed E-state index contributed by atoms with van der Waals surface area (Å²) in [6.45, 7) is 6.46. The molecule has 0 spiro atoms. The molecule has 2 aromatic heterocycles. The summed E-state index contributed by atoms with van der Waals surface area (Å²) in [7, 11) is 0. The molecule has 4 rings (SSSR count). The largest absolute Gasteiger partial charge is 0.339 e. The van der Waals surface area contributed by atoms with Crippen molar-refractivity contribution in [3.05, 3.63) is 59.3 Å². The van der Waals surface area contributed by atoms with Gasteiger partial charge in [0, 0.05) is 38.4 Å². The molecule has 1 atom stereocenters. The molecule has 1 aromatic carbocycles. The van der Waals surface area contributed by atoms with Crippen LogP contribution in [-0.2, 0) is 17.0 Å². The predicted molar refractivity (Wildman–Crippen MR) is 126 cm³/mol. The van der Waals surface area contributed by atoms with Gasteiger partial charge in [0.1, 0.15) is 0 Å². The average molecular weight is 457 g/mol. The van der Waals surface area contributed by atoms with E-state index in [0.29, 0.717) is 11.7 Å². The molecular formula is C23H28N4O2S2. The van der Waals surface area contributed by atoms with E-state index in [1.807, 2.05) is 47.5 Å². The van der Waals surface area contributed by atoms with Crippen LogP contribution in [-0.4, -0.2) is 63.8 Å². The summed E-state index contributed by atoms with van der Waals surface area (Å²) in [6.07, 6.45) is 1.76. The van der Waals surface area contributed by atoms with Gasteiger partial charge in [-0.1, -0.05) is 41.6 Å². The summed E-state index contributed by atoms with van der Waals surface area (Å²) < 4.78 is 5.38. The minimum absolute atomic E-state index is 0.0122. The van der Waals surface area contributed by atoms with E-state index in [4.69, 9.17) is 4.52 Å². The van der Waals surface area contributed by atoms with Crippen LogP contribution in [0.15, 0.2) is 52.4 Å². The number of aryl methyl sites for hydroxylation is 1. The number of thiophene rings is 1. The fourth-order valence-corrected chi connectivity index (χ4v) is 5.21. The minimum atomic E-state index is -0.0122. The molecule has 3 heterocycles.